The molecule has 0 aliphatic carbocycles. The zero-order chi connectivity index (χ0) is 36.2. The van der Waals surface area contributed by atoms with E-state index in [4.69, 9.17) is 23.6 Å². The Balaban J connectivity index is 1.30. The molecule has 0 spiro atoms. The molecule has 12 nitrogen and oxygen atoms in total. The van der Waals surface area contributed by atoms with Crippen LogP contribution in [-0.4, -0.2) is 93.4 Å². The third-order valence-corrected chi connectivity index (χ3v) is 10.7. The molecule has 0 saturated carbocycles. The van der Waals surface area contributed by atoms with Crippen molar-refractivity contribution in [3.05, 3.63) is 40.3 Å². The summed E-state index contributed by atoms with van der Waals surface area (Å²) in [5.41, 5.74) is 3.99. The lowest BCUT2D eigenvalue weighted by molar-refractivity contribution is -0.160. The molecule has 1 aromatic carbocycles. The standard InChI is InChI=1S/C38H49FN6O6/c1-21-25-11-9-17-49-32(25)28(39)18-26(21)31-27-19-29(43(6)34(27)40-22(2)30(31)33(36(46)47)51-38(3,4)5)35-41-42-37(50-35)44-15-12-23(13-16-44)45-14-8-10-24(45)20-48-7/h18-19,23-24,33H,8-17,20H2,1-7H3,(H,46,47)/t24-,33+/m1/s1. The number of methoxy groups -OCH3 is 1. The quantitative estimate of drug-likeness (QED) is 0.208. The third-order valence-electron chi connectivity index (χ3n) is 10.7. The van der Waals surface area contributed by atoms with Crippen LogP contribution in [0.4, 0.5) is 10.4 Å². The maximum Gasteiger partial charge on any atom is 0.337 e. The number of hydrogen-bond acceptors (Lipinski definition) is 10. The van der Waals surface area contributed by atoms with E-state index in [-0.39, 0.29) is 5.75 Å². The summed E-state index contributed by atoms with van der Waals surface area (Å²) in [5.74, 6) is -1.06. The number of pyridine rings is 1. The van der Waals surface area contributed by atoms with Crippen LogP contribution in [0.25, 0.3) is 33.7 Å². The monoisotopic (exact) mass is 704 g/mol. The number of ether oxygens (including phenoxy) is 3. The molecule has 0 amide bonds. The number of piperidine rings is 1. The smallest absolute Gasteiger partial charge is 0.337 e. The number of aliphatic carboxylic acids is 1. The predicted octanol–water partition coefficient (Wildman–Crippen LogP) is 6.39. The minimum atomic E-state index is -1.36. The Morgan fingerprint density at radius 1 is 1.12 bits per heavy atom. The third kappa shape index (κ3) is 6.60. The largest absolute Gasteiger partial charge is 0.490 e. The minimum absolute atomic E-state index is 0.262. The van der Waals surface area contributed by atoms with Gasteiger partial charge in [0.1, 0.15) is 11.3 Å². The van der Waals surface area contributed by atoms with Crippen molar-refractivity contribution in [2.24, 2.45) is 7.05 Å². The Bertz CT molecular complexity index is 1940. The summed E-state index contributed by atoms with van der Waals surface area (Å²) in [4.78, 5) is 22.6. The Labute approximate surface area is 297 Å². The maximum atomic E-state index is 15.8. The van der Waals surface area contributed by atoms with Crippen LogP contribution in [0, 0.1) is 19.7 Å². The molecule has 2 saturated heterocycles. The molecule has 0 radical (unpaired) electrons. The SMILES string of the molecule is COC[C@H]1CCCN1C1CCN(c2nnc(-c3cc4c(-c5cc(F)c6c(c5C)CCCO6)c([C@H](OC(C)(C)C)C(=O)O)c(C)nc4n3C)o2)CC1. The lowest BCUT2D eigenvalue weighted by Gasteiger charge is -2.38. The molecule has 1 N–H and O–H groups in total. The first kappa shape index (κ1) is 35.3. The van der Waals surface area contributed by atoms with Gasteiger partial charge in [0.05, 0.1) is 18.8 Å². The molecule has 2 fully saturated rings. The lowest BCUT2D eigenvalue weighted by atomic mass is 9.86. The van der Waals surface area contributed by atoms with E-state index in [1.165, 1.54) is 18.9 Å². The number of rotatable bonds is 9. The Morgan fingerprint density at radius 3 is 2.59 bits per heavy atom. The topological polar surface area (TPSA) is 128 Å². The number of anilines is 1. The molecular formula is C38H49FN6O6. The van der Waals surface area contributed by atoms with Gasteiger partial charge in [0.15, 0.2) is 17.7 Å². The molecule has 7 rings (SSSR count). The first-order valence-electron chi connectivity index (χ1n) is 18.1. The van der Waals surface area contributed by atoms with Crippen LogP contribution in [0.3, 0.4) is 0 Å². The average Bonchev–Trinajstić information content (AvgIpc) is 3.85. The number of aryl methyl sites for hydroxylation is 2. The van der Waals surface area contributed by atoms with E-state index in [9.17, 15) is 9.90 Å². The van der Waals surface area contributed by atoms with Crippen molar-refractivity contribution >= 4 is 23.0 Å². The molecule has 51 heavy (non-hydrogen) atoms. The van der Waals surface area contributed by atoms with Crippen LogP contribution >= 0.6 is 0 Å². The molecular weight excluding hydrogens is 655 g/mol. The molecule has 3 aliphatic rings. The molecule has 274 valence electrons. The number of nitrogens with zero attached hydrogens (tertiary/aromatic N) is 6. The summed E-state index contributed by atoms with van der Waals surface area (Å²) < 4.78 is 41.5. The fourth-order valence-corrected chi connectivity index (χ4v) is 8.32. The molecule has 4 aromatic rings. The summed E-state index contributed by atoms with van der Waals surface area (Å²) >= 11 is 0. The molecule has 2 atom stereocenters. The van der Waals surface area contributed by atoms with Crippen LogP contribution in [0.2, 0.25) is 0 Å². The molecule has 3 aliphatic heterocycles. The number of carboxylic acids is 1. The second-order valence-corrected chi connectivity index (χ2v) is 15.1. The summed E-state index contributed by atoms with van der Waals surface area (Å²) in [7, 11) is 3.64. The van der Waals surface area contributed by atoms with E-state index in [2.05, 4.69) is 20.0 Å². The zero-order valence-electron chi connectivity index (χ0n) is 30.7. The number of halogens is 1. The van der Waals surface area contributed by atoms with Gasteiger partial charge in [-0.1, -0.05) is 5.10 Å². The molecule has 6 heterocycles. The fourth-order valence-electron chi connectivity index (χ4n) is 8.32. The number of aromatic nitrogens is 4. The number of benzene rings is 1. The molecule has 0 bridgehead atoms. The number of likely N-dealkylation sites (tertiary alicyclic amines) is 1. The second kappa shape index (κ2) is 13.8. The molecule has 13 heteroatoms. The van der Waals surface area contributed by atoms with Crippen LogP contribution in [0.5, 0.6) is 5.75 Å². The van der Waals surface area contributed by atoms with Gasteiger partial charge in [0.25, 0.3) is 5.89 Å². The highest BCUT2D eigenvalue weighted by molar-refractivity contribution is 6.01. The van der Waals surface area contributed by atoms with Gasteiger partial charge in [-0.05, 0) is 103 Å². The van der Waals surface area contributed by atoms with E-state index in [1.54, 1.807) is 14.0 Å². The summed E-state index contributed by atoms with van der Waals surface area (Å²) in [6.45, 7) is 13.1. The molecule has 3 aromatic heterocycles. The second-order valence-electron chi connectivity index (χ2n) is 15.1. The van der Waals surface area contributed by atoms with Gasteiger partial charge in [-0.25, -0.2) is 14.2 Å². The highest BCUT2D eigenvalue weighted by Crippen LogP contribution is 2.45. The van der Waals surface area contributed by atoms with Crippen molar-refractivity contribution < 1.29 is 32.9 Å². The van der Waals surface area contributed by atoms with Gasteiger partial charge >= 0.3 is 12.0 Å². The van der Waals surface area contributed by atoms with Gasteiger partial charge in [0.2, 0.25) is 0 Å². The predicted molar refractivity (Wildman–Crippen MR) is 191 cm³/mol. The Kier molecular flexibility index (Phi) is 9.57. The first-order chi connectivity index (χ1) is 24.4. The zero-order valence-corrected chi connectivity index (χ0v) is 30.7. The van der Waals surface area contributed by atoms with Crippen molar-refractivity contribution in [2.45, 2.75) is 96.9 Å². The molecule has 0 unspecified atom stereocenters. The lowest BCUT2D eigenvalue weighted by Crippen LogP contribution is -2.48. The van der Waals surface area contributed by atoms with E-state index in [0.29, 0.717) is 76.1 Å². The number of hydrogen-bond donors (Lipinski definition) is 1. The van der Waals surface area contributed by atoms with E-state index >= 15 is 4.39 Å². The fraction of sp³-hybridized carbons (Fsp3) is 0.579. The van der Waals surface area contributed by atoms with Gasteiger partial charge in [-0.3, -0.25) is 4.90 Å². The van der Waals surface area contributed by atoms with Crippen LogP contribution in [0.15, 0.2) is 16.5 Å². The number of fused-ring (bicyclic) bond motifs is 2. The van der Waals surface area contributed by atoms with Crippen molar-refractivity contribution in [1.29, 1.82) is 0 Å². The van der Waals surface area contributed by atoms with Crippen LogP contribution < -0.4 is 9.64 Å². The van der Waals surface area contributed by atoms with Gasteiger partial charge in [-0.15, -0.1) is 5.10 Å². The van der Waals surface area contributed by atoms with Crippen molar-refractivity contribution in [1.82, 2.24) is 24.6 Å². The van der Waals surface area contributed by atoms with E-state index in [0.717, 1.165) is 56.6 Å². The van der Waals surface area contributed by atoms with Crippen molar-refractivity contribution in [2.75, 3.05) is 44.9 Å². The number of carbonyl (C=O) groups is 1. The maximum absolute atomic E-state index is 15.8. The van der Waals surface area contributed by atoms with E-state index in [1.807, 2.05) is 45.4 Å². The normalized spacial score (nSPS) is 19.5. The van der Waals surface area contributed by atoms with Gasteiger partial charge in [0, 0.05) is 67.1 Å². The highest BCUT2D eigenvalue weighted by Gasteiger charge is 2.36. The Hall–Kier alpha value is -4.07. The average molecular weight is 705 g/mol. The van der Waals surface area contributed by atoms with Crippen LogP contribution in [-0.2, 0) is 27.7 Å². The summed E-state index contributed by atoms with van der Waals surface area (Å²) in [6, 6.07) is 4.79. The highest BCUT2D eigenvalue weighted by atomic mass is 19.1. The first-order valence-corrected chi connectivity index (χ1v) is 18.1. The Morgan fingerprint density at radius 2 is 1.88 bits per heavy atom. The summed E-state index contributed by atoms with van der Waals surface area (Å²) in [5, 5.41) is 20.1. The number of carboxylic acid groups (broad SMARTS) is 1. The van der Waals surface area contributed by atoms with Gasteiger partial charge < -0.3 is 33.2 Å². The van der Waals surface area contributed by atoms with Crippen molar-refractivity contribution in [3.63, 3.8) is 0 Å². The van der Waals surface area contributed by atoms with Crippen molar-refractivity contribution in [3.8, 4) is 28.5 Å². The van der Waals surface area contributed by atoms with E-state index < -0.39 is 23.5 Å². The van der Waals surface area contributed by atoms with Crippen LogP contribution in [0.1, 0.15) is 81.4 Å². The minimum Gasteiger partial charge on any atom is -0.490 e. The van der Waals surface area contributed by atoms with Gasteiger partial charge in [-0.2, -0.15) is 0 Å². The summed E-state index contributed by atoms with van der Waals surface area (Å²) in [6.07, 6.45) is 4.45.